The number of sulfonamides is 1. The summed E-state index contributed by atoms with van der Waals surface area (Å²) >= 11 is 0. The molecule has 4 rings (SSSR count). The number of hydrogen-bond acceptors (Lipinski definition) is 8. The summed E-state index contributed by atoms with van der Waals surface area (Å²) in [4.78, 5) is 11.3. The molecule has 0 amide bonds. The van der Waals surface area contributed by atoms with Crippen molar-refractivity contribution in [2.45, 2.75) is 19.8 Å². The van der Waals surface area contributed by atoms with Crippen molar-refractivity contribution in [3.63, 3.8) is 0 Å². The van der Waals surface area contributed by atoms with Crippen molar-refractivity contribution in [2.75, 3.05) is 42.7 Å². The molecule has 9 nitrogen and oxygen atoms in total. The molecule has 1 saturated heterocycles. The van der Waals surface area contributed by atoms with Gasteiger partial charge in [-0.15, -0.1) is 5.10 Å². The second kappa shape index (κ2) is 8.11. The number of anilines is 3. The van der Waals surface area contributed by atoms with E-state index in [0.29, 0.717) is 43.7 Å². The number of nitrogens with one attached hydrogen (secondary N) is 1. The molecule has 4 heterocycles. The molecule has 3 aromatic rings. The van der Waals surface area contributed by atoms with Crippen LogP contribution >= 0.6 is 0 Å². The van der Waals surface area contributed by atoms with E-state index in [1.165, 1.54) is 10.6 Å². The Kier molecular flexibility index (Phi) is 5.52. The zero-order valence-electron chi connectivity index (χ0n) is 17.3. The standard InChI is InChI=1S/C20H25N7O2S/c1-14(2)15-10-20(25-22-12-15)24-19-5-4-17-18(23-19)11-16(13-21-17)26-6-8-27(9-7-26)30(3,28)29/h4-5,10-14H,6-9H2,1-3H3,(H,23,24,25). The van der Waals surface area contributed by atoms with Gasteiger partial charge in [-0.1, -0.05) is 13.8 Å². The van der Waals surface area contributed by atoms with Gasteiger partial charge in [0.05, 0.1) is 35.4 Å². The van der Waals surface area contributed by atoms with E-state index in [0.717, 1.165) is 22.3 Å². The van der Waals surface area contributed by atoms with Gasteiger partial charge in [0.15, 0.2) is 5.82 Å². The largest absolute Gasteiger partial charge is 0.368 e. The van der Waals surface area contributed by atoms with Crippen molar-refractivity contribution in [3.8, 4) is 0 Å². The Morgan fingerprint density at radius 2 is 1.77 bits per heavy atom. The maximum Gasteiger partial charge on any atom is 0.211 e. The van der Waals surface area contributed by atoms with Crippen molar-refractivity contribution in [2.24, 2.45) is 0 Å². The first-order valence-corrected chi connectivity index (χ1v) is 11.7. The van der Waals surface area contributed by atoms with Gasteiger partial charge in [0, 0.05) is 26.2 Å². The van der Waals surface area contributed by atoms with Crippen LogP contribution in [-0.2, 0) is 10.0 Å². The summed E-state index contributed by atoms with van der Waals surface area (Å²) in [6, 6.07) is 7.73. The van der Waals surface area contributed by atoms with Crippen LogP contribution in [0.4, 0.5) is 17.3 Å². The number of hydrogen-bond donors (Lipinski definition) is 1. The molecular formula is C20H25N7O2S. The molecule has 1 aliphatic heterocycles. The van der Waals surface area contributed by atoms with Crippen LogP contribution < -0.4 is 10.2 Å². The second-order valence-electron chi connectivity index (χ2n) is 7.73. The Bertz CT molecular complexity index is 1160. The zero-order chi connectivity index (χ0) is 21.3. The molecule has 0 radical (unpaired) electrons. The maximum absolute atomic E-state index is 11.7. The summed E-state index contributed by atoms with van der Waals surface area (Å²) in [6.45, 7) is 6.40. The molecule has 1 N–H and O–H groups in total. The lowest BCUT2D eigenvalue weighted by Gasteiger charge is -2.34. The van der Waals surface area contributed by atoms with Crippen LogP contribution in [0.1, 0.15) is 25.3 Å². The van der Waals surface area contributed by atoms with Gasteiger partial charge in [0.1, 0.15) is 5.82 Å². The van der Waals surface area contributed by atoms with E-state index in [4.69, 9.17) is 0 Å². The molecule has 0 spiro atoms. The highest BCUT2D eigenvalue weighted by Crippen LogP contribution is 2.23. The topological polar surface area (TPSA) is 104 Å². The smallest absolute Gasteiger partial charge is 0.211 e. The molecule has 0 unspecified atom stereocenters. The maximum atomic E-state index is 11.7. The molecule has 10 heteroatoms. The first-order chi connectivity index (χ1) is 14.3. The van der Waals surface area contributed by atoms with Gasteiger partial charge >= 0.3 is 0 Å². The monoisotopic (exact) mass is 427 g/mol. The highest BCUT2D eigenvalue weighted by molar-refractivity contribution is 7.88. The SMILES string of the molecule is CC(C)c1cnnc(Nc2ccc3ncc(N4CCN(S(C)(=O)=O)CC4)cc3n2)c1. The van der Waals surface area contributed by atoms with E-state index in [1.807, 2.05) is 30.5 Å². The van der Waals surface area contributed by atoms with Gasteiger partial charge in [-0.2, -0.15) is 9.40 Å². The number of nitrogens with zero attached hydrogens (tertiary/aromatic N) is 6. The number of fused-ring (bicyclic) bond motifs is 1. The van der Waals surface area contributed by atoms with Gasteiger partial charge in [0.2, 0.25) is 10.0 Å². The highest BCUT2D eigenvalue weighted by atomic mass is 32.2. The van der Waals surface area contributed by atoms with Gasteiger partial charge in [-0.25, -0.2) is 13.4 Å². The highest BCUT2D eigenvalue weighted by Gasteiger charge is 2.23. The molecule has 0 aliphatic carbocycles. The van der Waals surface area contributed by atoms with Crippen LogP contribution in [0.15, 0.2) is 36.7 Å². The Labute approximate surface area is 176 Å². The Morgan fingerprint density at radius 1 is 1.00 bits per heavy atom. The van der Waals surface area contributed by atoms with Crippen molar-refractivity contribution in [3.05, 3.63) is 42.2 Å². The Hall–Kier alpha value is -2.85. The molecule has 158 valence electrons. The summed E-state index contributed by atoms with van der Waals surface area (Å²) in [5, 5.41) is 11.4. The summed E-state index contributed by atoms with van der Waals surface area (Å²) in [5.74, 6) is 1.67. The number of rotatable bonds is 5. The van der Waals surface area contributed by atoms with E-state index in [1.54, 1.807) is 6.20 Å². The van der Waals surface area contributed by atoms with Gasteiger partial charge in [-0.3, -0.25) is 4.98 Å². The summed E-state index contributed by atoms with van der Waals surface area (Å²) < 4.78 is 24.9. The van der Waals surface area contributed by atoms with Crippen LogP contribution in [0.2, 0.25) is 0 Å². The van der Waals surface area contributed by atoms with E-state index in [-0.39, 0.29) is 0 Å². The van der Waals surface area contributed by atoms with Gasteiger partial charge in [-0.05, 0) is 35.7 Å². The number of aromatic nitrogens is 4. The summed E-state index contributed by atoms with van der Waals surface area (Å²) in [7, 11) is -3.15. The fourth-order valence-electron chi connectivity index (χ4n) is 3.41. The zero-order valence-corrected chi connectivity index (χ0v) is 18.1. The Morgan fingerprint density at radius 3 is 2.47 bits per heavy atom. The van der Waals surface area contributed by atoms with E-state index >= 15 is 0 Å². The first kappa shape index (κ1) is 20.4. The van der Waals surface area contributed by atoms with Crippen LogP contribution in [0.25, 0.3) is 11.0 Å². The first-order valence-electron chi connectivity index (χ1n) is 9.86. The fraction of sp³-hybridized carbons (Fsp3) is 0.400. The second-order valence-corrected chi connectivity index (χ2v) is 9.71. The van der Waals surface area contributed by atoms with Crippen LogP contribution in [0, 0.1) is 0 Å². The molecule has 0 aromatic carbocycles. The number of pyridine rings is 2. The minimum Gasteiger partial charge on any atom is -0.368 e. The lowest BCUT2D eigenvalue weighted by Crippen LogP contribution is -2.48. The lowest BCUT2D eigenvalue weighted by molar-refractivity contribution is 0.388. The predicted molar refractivity (Wildman–Crippen MR) is 118 cm³/mol. The van der Waals surface area contributed by atoms with Crippen molar-refractivity contribution < 1.29 is 8.42 Å². The summed E-state index contributed by atoms with van der Waals surface area (Å²) in [6.07, 6.45) is 4.83. The van der Waals surface area contributed by atoms with E-state index < -0.39 is 10.0 Å². The average Bonchev–Trinajstić information content (AvgIpc) is 2.73. The van der Waals surface area contributed by atoms with E-state index in [2.05, 4.69) is 44.2 Å². The quantitative estimate of drug-likeness (QED) is 0.662. The third-order valence-corrected chi connectivity index (χ3v) is 6.50. The molecular weight excluding hydrogens is 402 g/mol. The summed E-state index contributed by atoms with van der Waals surface area (Å²) in [5.41, 5.74) is 3.59. The molecule has 1 fully saturated rings. The minimum absolute atomic E-state index is 0.362. The Balaban J connectivity index is 1.54. The van der Waals surface area contributed by atoms with Crippen molar-refractivity contribution in [1.82, 2.24) is 24.5 Å². The lowest BCUT2D eigenvalue weighted by atomic mass is 10.1. The van der Waals surface area contributed by atoms with Crippen LogP contribution in [0.3, 0.4) is 0 Å². The minimum atomic E-state index is -3.15. The predicted octanol–water partition coefficient (Wildman–Crippen LogP) is 2.37. The molecule has 0 atom stereocenters. The van der Waals surface area contributed by atoms with Gasteiger partial charge < -0.3 is 10.2 Å². The normalized spacial score (nSPS) is 15.7. The van der Waals surface area contributed by atoms with Crippen LogP contribution in [0.5, 0.6) is 0 Å². The van der Waals surface area contributed by atoms with Crippen LogP contribution in [-0.4, -0.2) is 65.3 Å². The molecule has 3 aromatic heterocycles. The van der Waals surface area contributed by atoms with Crippen molar-refractivity contribution in [1.29, 1.82) is 0 Å². The van der Waals surface area contributed by atoms with Gasteiger partial charge in [0.25, 0.3) is 0 Å². The molecule has 0 bridgehead atoms. The molecule has 0 saturated carbocycles. The average molecular weight is 428 g/mol. The van der Waals surface area contributed by atoms with Crippen molar-refractivity contribution >= 4 is 38.4 Å². The third kappa shape index (κ3) is 4.49. The third-order valence-electron chi connectivity index (χ3n) is 5.19. The fourth-order valence-corrected chi connectivity index (χ4v) is 4.23. The molecule has 1 aliphatic rings. The van der Waals surface area contributed by atoms with E-state index in [9.17, 15) is 8.42 Å². The number of piperazine rings is 1. The molecule has 30 heavy (non-hydrogen) atoms.